The van der Waals surface area contributed by atoms with Crippen molar-refractivity contribution in [3.8, 4) is 28.8 Å². The van der Waals surface area contributed by atoms with Gasteiger partial charge in [0, 0.05) is 49.6 Å². The second-order valence-corrected chi connectivity index (χ2v) is 8.64. The summed E-state index contributed by atoms with van der Waals surface area (Å²) in [5.74, 6) is 2.39. The average Bonchev–Trinajstić information content (AvgIpc) is 2.86. The number of anilines is 1. The van der Waals surface area contributed by atoms with Crippen LogP contribution in [0.4, 0.5) is 5.69 Å². The van der Waals surface area contributed by atoms with Gasteiger partial charge < -0.3 is 29.5 Å². The van der Waals surface area contributed by atoms with E-state index in [1.807, 2.05) is 18.2 Å². The van der Waals surface area contributed by atoms with Gasteiger partial charge in [0.15, 0.2) is 5.82 Å². The fourth-order valence-corrected chi connectivity index (χ4v) is 4.24. The molecule has 9 heteroatoms. The number of aromatic nitrogens is 3. The molecule has 2 aromatic heterocycles. The summed E-state index contributed by atoms with van der Waals surface area (Å²) in [7, 11) is 3.23. The normalized spacial score (nSPS) is 15.0. The lowest BCUT2D eigenvalue weighted by atomic mass is 10.0. The minimum Gasteiger partial charge on any atom is -0.497 e. The Morgan fingerprint density at radius 1 is 1.06 bits per heavy atom. The summed E-state index contributed by atoms with van der Waals surface area (Å²) in [6.45, 7) is 6.71. The number of benzene rings is 1. The molecule has 0 atom stereocenters. The Labute approximate surface area is 200 Å². The Morgan fingerprint density at radius 3 is 2.53 bits per heavy atom. The Bertz CT molecular complexity index is 1120. The molecule has 1 fully saturated rings. The quantitative estimate of drug-likeness (QED) is 0.490. The number of pyridine rings is 1. The molecule has 34 heavy (non-hydrogen) atoms. The van der Waals surface area contributed by atoms with Crippen LogP contribution >= 0.6 is 0 Å². The number of methoxy groups -OCH3 is 2. The van der Waals surface area contributed by atoms with Crippen molar-refractivity contribution in [2.45, 2.75) is 38.8 Å². The van der Waals surface area contributed by atoms with Crippen LogP contribution in [-0.4, -0.2) is 77.6 Å². The molecule has 0 saturated carbocycles. The molecule has 0 unspecified atom stereocenters. The van der Waals surface area contributed by atoms with Gasteiger partial charge in [0.25, 0.3) is 0 Å². The lowest BCUT2D eigenvalue weighted by molar-refractivity contribution is 0.177. The second-order valence-electron chi connectivity index (χ2n) is 8.64. The number of rotatable bonds is 9. The van der Waals surface area contributed by atoms with E-state index in [0.717, 1.165) is 37.0 Å². The minimum atomic E-state index is -0.0599. The first-order valence-electron chi connectivity index (χ1n) is 11.7. The van der Waals surface area contributed by atoms with Crippen LogP contribution in [0.15, 0.2) is 30.6 Å². The molecule has 0 radical (unpaired) electrons. The number of nitrogens with zero attached hydrogens (tertiary/aromatic N) is 4. The molecule has 1 saturated heterocycles. The topological polar surface area (TPSA) is 102 Å². The maximum absolute atomic E-state index is 9.14. The molecular weight excluding hydrogens is 434 g/mol. The summed E-state index contributed by atoms with van der Waals surface area (Å²) in [6, 6.07) is 6.44. The monoisotopic (exact) mass is 467 g/mol. The van der Waals surface area contributed by atoms with Crippen LogP contribution in [0.1, 0.15) is 26.7 Å². The molecule has 1 aromatic carbocycles. The Morgan fingerprint density at radius 2 is 1.85 bits per heavy atom. The predicted molar refractivity (Wildman–Crippen MR) is 132 cm³/mol. The van der Waals surface area contributed by atoms with Crippen molar-refractivity contribution in [1.82, 2.24) is 19.9 Å². The van der Waals surface area contributed by atoms with E-state index in [9.17, 15) is 0 Å². The zero-order valence-electron chi connectivity index (χ0n) is 20.2. The first kappa shape index (κ1) is 24.0. The van der Waals surface area contributed by atoms with Crippen LogP contribution in [0, 0.1) is 0 Å². The van der Waals surface area contributed by atoms with Gasteiger partial charge in [-0.1, -0.05) is 0 Å². The number of hydrogen-bond acceptors (Lipinski definition) is 9. The number of aliphatic hydroxyl groups is 1. The van der Waals surface area contributed by atoms with Crippen LogP contribution in [0.3, 0.4) is 0 Å². The molecule has 1 aliphatic rings. The van der Waals surface area contributed by atoms with Gasteiger partial charge in [-0.25, -0.2) is 15.0 Å². The van der Waals surface area contributed by atoms with Gasteiger partial charge in [-0.3, -0.25) is 0 Å². The van der Waals surface area contributed by atoms with Gasteiger partial charge in [0.1, 0.15) is 29.5 Å². The molecule has 0 spiro atoms. The van der Waals surface area contributed by atoms with Gasteiger partial charge in [-0.05, 0) is 26.7 Å². The van der Waals surface area contributed by atoms with Crippen molar-refractivity contribution in [3.05, 3.63) is 30.6 Å². The molecule has 3 heterocycles. The van der Waals surface area contributed by atoms with Crippen LogP contribution in [0.2, 0.25) is 0 Å². The summed E-state index contributed by atoms with van der Waals surface area (Å²) in [5, 5.41) is 13.6. The van der Waals surface area contributed by atoms with Crippen LogP contribution in [-0.2, 0) is 0 Å². The third-order valence-electron chi connectivity index (χ3n) is 6.15. The molecule has 0 aliphatic carbocycles. The SMILES string of the molecule is COc1cc(OC)c2cnc(-c3ncc(OCCO)cc3NC3CCN(C(C)C)CC3)nc2c1. The molecule has 0 bridgehead atoms. The van der Waals surface area contributed by atoms with Gasteiger partial charge in [-0.15, -0.1) is 0 Å². The number of ether oxygens (including phenoxy) is 3. The highest BCUT2D eigenvalue weighted by atomic mass is 16.5. The lowest BCUT2D eigenvalue weighted by Gasteiger charge is -2.35. The molecular formula is C25H33N5O4. The Hall–Kier alpha value is -3.17. The fraction of sp³-hybridized carbons (Fsp3) is 0.480. The first-order valence-corrected chi connectivity index (χ1v) is 11.7. The van der Waals surface area contributed by atoms with Crippen molar-refractivity contribution >= 4 is 16.6 Å². The highest BCUT2D eigenvalue weighted by Gasteiger charge is 2.23. The number of piperidine rings is 1. The summed E-state index contributed by atoms with van der Waals surface area (Å²) < 4.78 is 16.5. The summed E-state index contributed by atoms with van der Waals surface area (Å²) in [6.07, 6.45) is 5.45. The van der Waals surface area contributed by atoms with E-state index in [2.05, 4.69) is 34.0 Å². The third-order valence-corrected chi connectivity index (χ3v) is 6.15. The zero-order chi connectivity index (χ0) is 24.1. The van der Waals surface area contributed by atoms with E-state index in [-0.39, 0.29) is 13.2 Å². The van der Waals surface area contributed by atoms with Crippen molar-refractivity contribution in [2.75, 3.05) is 45.8 Å². The lowest BCUT2D eigenvalue weighted by Crippen LogP contribution is -2.42. The first-order chi connectivity index (χ1) is 16.5. The molecule has 4 rings (SSSR count). The summed E-state index contributed by atoms with van der Waals surface area (Å²) in [4.78, 5) is 16.5. The van der Waals surface area contributed by atoms with Crippen molar-refractivity contribution in [1.29, 1.82) is 0 Å². The molecule has 0 amide bonds. The number of hydrogen-bond donors (Lipinski definition) is 2. The van der Waals surface area contributed by atoms with E-state index in [0.29, 0.717) is 46.4 Å². The molecule has 9 nitrogen and oxygen atoms in total. The molecule has 182 valence electrons. The van der Waals surface area contributed by atoms with Gasteiger partial charge in [0.05, 0.1) is 43.6 Å². The second kappa shape index (κ2) is 10.8. The Balaban J connectivity index is 1.68. The van der Waals surface area contributed by atoms with Crippen LogP contribution < -0.4 is 19.5 Å². The Kier molecular flexibility index (Phi) is 7.64. The highest BCUT2D eigenvalue weighted by Crippen LogP contribution is 2.33. The number of aliphatic hydroxyl groups excluding tert-OH is 1. The largest absolute Gasteiger partial charge is 0.497 e. The zero-order valence-corrected chi connectivity index (χ0v) is 20.2. The highest BCUT2D eigenvalue weighted by molar-refractivity contribution is 5.87. The maximum Gasteiger partial charge on any atom is 0.180 e. The smallest absolute Gasteiger partial charge is 0.180 e. The fourth-order valence-electron chi connectivity index (χ4n) is 4.24. The number of fused-ring (bicyclic) bond motifs is 1. The summed E-state index contributed by atoms with van der Waals surface area (Å²) >= 11 is 0. The predicted octanol–water partition coefficient (Wildman–Crippen LogP) is 3.36. The van der Waals surface area contributed by atoms with E-state index in [1.54, 1.807) is 26.6 Å². The minimum absolute atomic E-state index is 0.0599. The number of nitrogens with one attached hydrogen (secondary N) is 1. The van der Waals surface area contributed by atoms with E-state index in [4.69, 9.17) is 24.3 Å². The maximum atomic E-state index is 9.14. The molecule has 2 N–H and O–H groups in total. The molecule has 1 aliphatic heterocycles. The molecule has 3 aromatic rings. The van der Waals surface area contributed by atoms with E-state index < -0.39 is 0 Å². The van der Waals surface area contributed by atoms with Crippen molar-refractivity contribution in [3.63, 3.8) is 0 Å². The third kappa shape index (κ3) is 5.31. The average molecular weight is 468 g/mol. The van der Waals surface area contributed by atoms with Crippen LogP contribution in [0.25, 0.3) is 22.4 Å². The van der Waals surface area contributed by atoms with Gasteiger partial charge in [0.2, 0.25) is 0 Å². The van der Waals surface area contributed by atoms with E-state index >= 15 is 0 Å². The van der Waals surface area contributed by atoms with E-state index in [1.165, 1.54) is 0 Å². The van der Waals surface area contributed by atoms with Crippen molar-refractivity contribution < 1.29 is 19.3 Å². The van der Waals surface area contributed by atoms with Gasteiger partial charge >= 0.3 is 0 Å². The number of likely N-dealkylation sites (tertiary alicyclic amines) is 1. The standard InChI is InChI=1S/C25H33N5O4/c1-16(2)30-7-5-17(6-8-30)28-22-12-19(34-10-9-31)14-26-24(22)25-27-15-20-21(29-25)11-18(32-3)13-23(20)33-4/h11-17,28,31H,5-10H2,1-4H3. The van der Waals surface area contributed by atoms with Crippen LogP contribution in [0.5, 0.6) is 17.2 Å². The van der Waals surface area contributed by atoms with Gasteiger partial charge in [-0.2, -0.15) is 0 Å². The van der Waals surface area contributed by atoms with Crippen molar-refractivity contribution in [2.24, 2.45) is 0 Å². The summed E-state index contributed by atoms with van der Waals surface area (Å²) in [5.41, 5.74) is 2.17.